The standard InChI is InChI=1S/C15H17NO2S/c1-3-13-12-6-9-19-14(12)4-7-16(13)15(17)11-5-8-18-10(11)2/h5-6,8-9,13H,3-4,7H2,1-2H3. The molecule has 19 heavy (non-hydrogen) atoms. The minimum Gasteiger partial charge on any atom is -0.469 e. The Morgan fingerprint density at radius 1 is 1.53 bits per heavy atom. The fraction of sp³-hybridized carbons (Fsp3) is 0.400. The lowest BCUT2D eigenvalue weighted by Gasteiger charge is -2.35. The molecule has 2 aromatic heterocycles. The molecule has 0 saturated carbocycles. The third-order valence-electron chi connectivity index (χ3n) is 3.83. The summed E-state index contributed by atoms with van der Waals surface area (Å²) < 4.78 is 5.25. The van der Waals surface area contributed by atoms with Crippen molar-refractivity contribution < 1.29 is 9.21 Å². The van der Waals surface area contributed by atoms with E-state index in [1.54, 1.807) is 23.7 Å². The van der Waals surface area contributed by atoms with Gasteiger partial charge in [0.15, 0.2) is 0 Å². The largest absolute Gasteiger partial charge is 0.469 e. The molecule has 3 heterocycles. The van der Waals surface area contributed by atoms with Crippen LogP contribution in [0.5, 0.6) is 0 Å². The summed E-state index contributed by atoms with van der Waals surface area (Å²) in [5, 5.41) is 2.13. The number of carbonyl (C=O) groups excluding carboxylic acids is 1. The molecule has 1 atom stereocenters. The Labute approximate surface area is 116 Å². The van der Waals surface area contributed by atoms with Crippen molar-refractivity contribution in [3.05, 3.63) is 45.5 Å². The predicted molar refractivity (Wildman–Crippen MR) is 75.5 cm³/mol. The van der Waals surface area contributed by atoms with Gasteiger partial charge in [0, 0.05) is 11.4 Å². The summed E-state index contributed by atoms with van der Waals surface area (Å²) in [7, 11) is 0. The van der Waals surface area contributed by atoms with Gasteiger partial charge in [-0.3, -0.25) is 4.79 Å². The van der Waals surface area contributed by atoms with Gasteiger partial charge in [-0.15, -0.1) is 11.3 Å². The van der Waals surface area contributed by atoms with Gasteiger partial charge >= 0.3 is 0 Å². The van der Waals surface area contributed by atoms with Crippen LogP contribution in [-0.2, 0) is 6.42 Å². The zero-order valence-corrected chi connectivity index (χ0v) is 12.0. The van der Waals surface area contributed by atoms with Crippen molar-refractivity contribution in [3.8, 4) is 0 Å². The topological polar surface area (TPSA) is 33.5 Å². The van der Waals surface area contributed by atoms with Gasteiger partial charge in [0.2, 0.25) is 0 Å². The van der Waals surface area contributed by atoms with Gasteiger partial charge in [-0.25, -0.2) is 0 Å². The molecule has 0 N–H and O–H groups in total. The van der Waals surface area contributed by atoms with Gasteiger partial charge in [-0.1, -0.05) is 6.92 Å². The number of nitrogens with zero attached hydrogens (tertiary/aromatic N) is 1. The van der Waals surface area contributed by atoms with Crippen molar-refractivity contribution in [2.24, 2.45) is 0 Å². The Morgan fingerprint density at radius 3 is 3.05 bits per heavy atom. The van der Waals surface area contributed by atoms with Crippen molar-refractivity contribution in [2.75, 3.05) is 6.54 Å². The number of amides is 1. The van der Waals surface area contributed by atoms with Crippen LogP contribution in [-0.4, -0.2) is 17.4 Å². The third kappa shape index (κ3) is 2.00. The summed E-state index contributed by atoms with van der Waals surface area (Å²) in [4.78, 5) is 16.1. The molecule has 0 spiro atoms. The van der Waals surface area contributed by atoms with E-state index in [0.717, 1.165) is 19.4 Å². The maximum atomic E-state index is 12.7. The molecule has 1 aliphatic heterocycles. The molecule has 1 unspecified atom stereocenters. The molecule has 0 bridgehead atoms. The van der Waals surface area contributed by atoms with E-state index in [2.05, 4.69) is 18.4 Å². The molecular formula is C15H17NO2S. The Bertz CT molecular complexity index is 599. The van der Waals surface area contributed by atoms with E-state index in [1.807, 2.05) is 11.8 Å². The van der Waals surface area contributed by atoms with E-state index >= 15 is 0 Å². The average Bonchev–Trinajstić information content (AvgIpc) is 3.04. The van der Waals surface area contributed by atoms with Crippen LogP contribution in [0.4, 0.5) is 0 Å². The lowest BCUT2D eigenvalue weighted by Crippen LogP contribution is -2.39. The predicted octanol–water partition coefficient (Wildman–Crippen LogP) is 3.80. The minimum absolute atomic E-state index is 0.0925. The van der Waals surface area contributed by atoms with Crippen LogP contribution in [0.3, 0.4) is 0 Å². The average molecular weight is 275 g/mol. The van der Waals surface area contributed by atoms with Crippen LogP contribution < -0.4 is 0 Å². The molecule has 0 saturated heterocycles. The molecular weight excluding hydrogens is 258 g/mol. The molecule has 1 amide bonds. The van der Waals surface area contributed by atoms with Gasteiger partial charge < -0.3 is 9.32 Å². The van der Waals surface area contributed by atoms with Crippen molar-refractivity contribution in [1.82, 2.24) is 4.90 Å². The number of fused-ring (bicyclic) bond motifs is 1. The number of hydrogen-bond acceptors (Lipinski definition) is 3. The normalized spacial score (nSPS) is 18.4. The van der Waals surface area contributed by atoms with Gasteiger partial charge in [-0.05, 0) is 42.8 Å². The molecule has 4 heteroatoms. The first-order valence-corrected chi connectivity index (χ1v) is 7.51. The van der Waals surface area contributed by atoms with Crippen LogP contribution in [0, 0.1) is 6.92 Å². The summed E-state index contributed by atoms with van der Waals surface area (Å²) in [5.74, 6) is 0.797. The molecule has 2 aromatic rings. The summed E-state index contributed by atoms with van der Waals surface area (Å²) >= 11 is 1.80. The van der Waals surface area contributed by atoms with Crippen molar-refractivity contribution in [1.29, 1.82) is 0 Å². The number of rotatable bonds is 2. The number of carbonyl (C=O) groups is 1. The van der Waals surface area contributed by atoms with E-state index in [9.17, 15) is 4.79 Å². The quantitative estimate of drug-likeness (QED) is 0.835. The molecule has 0 radical (unpaired) electrons. The lowest BCUT2D eigenvalue weighted by molar-refractivity contribution is 0.0655. The first kappa shape index (κ1) is 12.5. The van der Waals surface area contributed by atoms with Gasteiger partial charge in [-0.2, -0.15) is 0 Å². The number of thiophene rings is 1. The van der Waals surface area contributed by atoms with Crippen molar-refractivity contribution >= 4 is 17.2 Å². The number of furan rings is 1. The summed E-state index contributed by atoms with van der Waals surface area (Å²) in [6.07, 6.45) is 3.50. The number of hydrogen-bond donors (Lipinski definition) is 0. The highest BCUT2D eigenvalue weighted by Gasteiger charge is 2.31. The van der Waals surface area contributed by atoms with Crippen molar-refractivity contribution in [2.45, 2.75) is 32.7 Å². The van der Waals surface area contributed by atoms with Crippen LogP contribution in [0.1, 0.15) is 45.9 Å². The second-order valence-corrected chi connectivity index (χ2v) is 5.86. The maximum absolute atomic E-state index is 12.7. The molecule has 100 valence electrons. The highest BCUT2D eigenvalue weighted by molar-refractivity contribution is 7.10. The van der Waals surface area contributed by atoms with E-state index in [4.69, 9.17) is 4.42 Å². The zero-order chi connectivity index (χ0) is 13.4. The Balaban J connectivity index is 1.94. The fourth-order valence-electron chi connectivity index (χ4n) is 2.84. The second kappa shape index (κ2) is 4.85. The van der Waals surface area contributed by atoms with E-state index in [1.165, 1.54) is 10.4 Å². The van der Waals surface area contributed by atoms with Gasteiger partial charge in [0.05, 0.1) is 17.9 Å². The molecule has 0 aliphatic carbocycles. The Kier molecular flexibility index (Phi) is 3.19. The van der Waals surface area contributed by atoms with E-state index in [0.29, 0.717) is 11.3 Å². The van der Waals surface area contributed by atoms with E-state index < -0.39 is 0 Å². The van der Waals surface area contributed by atoms with Crippen LogP contribution in [0.25, 0.3) is 0 Å². The SMILES string of the molecule is CCC1c2ccsc2CCN1C(=O)c1ccoc1C. The zero-order valence-electron chi connectivity index (χ0n) is 11.2. The van der Waals surface area contributed by atoms with Gasteiger partial charge in [0.1, 0.15) is 5.76 Å². The minimum atomic E-state index is 0.0925. The summed E-state index contributed by atoms with van der Waals surface area (Å²) in [6, 6.07) is 4.14. The molecule has 3 nitrogen and oxygen atoms in total. The van der Waals surface area contributed by atoms with Crippen LogP contribution in [0.15, 0.2) is 28.2 Å². The summed E-state index contributed by atoms with van der Waals surface area (Å²) in [5.41, 5.74) is 2.02. The molecule has 3 rings (SSSR count). The Hall–Kier alpha value is -1.55. The highest BCUT2D eigenvalue weighted by Crippen LogP contribution is 2.36. The lowest BCUT2D eigenvalue weighted by atomic mass is 9.97. The Morgan fingerprint density at radius 2 is 2.37 bits per heavy atom. The van der Waals surface area contributed by atoms with Gasteiger partial charge in [0.25, 0.3) is 5.91 Å². The third-order valence-corrected chi connectivity index (χ3v) is 4.83. The first-order chi connectivity index (χ1) is 9.22. The second-order valence-electron chi connectivity index (χ2n) is 4.86. The molecule has 1 aliphatic rings. The molecule has 0 aromatic carbocycles. The summed E-state index contributed by atoms with van der Waals surface area (Å²) in [6.45, 7) is 4.78. The van der Waals surface area contributed by atoms with E-state index in [-0.39, 0.29) is 11.9 Å². The fourth-order valence-corrected chi connectivity index (χ4v) is 3.77. The van der Waals surface area contributed by atoms with Crippen LogP contribution >= 0.6 is 11.3 Å². The monoisotopic (exact) mass is 275 g/mol. The maximum Gasteiger partial charge on any atom is 0.257 e. The highest BCUT2D eigenvalue weighted by atomic mass is 32.1. The number of aryl methyl sites for hydroxylation is 1. The molecule has 0 fully saturated rings. The smallest absolute Gasteiger partial charge is 0.257 e. The van der Waals surface area contributed by atoms with Crippen molar-refractivity contribution in [3.63, 3.8) is 0 Å². The first-order valence-electron chi connectivity index (χ1n) is 6.63. The van der Waals surface area contributed by atoms with Crippen LogP contribution in [0.2, 0.25) is 0 Å².